The van der Waals surface area contributed by atoms with E-state index in [0.29, 0.717) is 12.8 Å². The molecule has 1 aromatic rings. The molecule has 0 aliphatic heterocycles. The Labute approximate surface area is 117 Å². The highest BCUT2D eigenvalue weighted by Crippen LogP contribution is 2.35. The van der Waals surface area contributed by atoms with Crippen molar-refractivity contribution in [2.45, 2.75) is 45.1 Å². The summed E-state index contributed by atoms with van der Waals surface area (Å²) in [5.41, 5.74) is 0.963. The third kappa shape index (κ3) is 3.01. The van der Waals surface area contributed by atoms with Crippen molar-refractivity contribution in [3.8, 4) is 5.75 Å². The second-order valence-corrected chi connectivity index (χ2v) is 5.38. The maximum Gasteiger partial charge on any atom is 0.200 e. The van der Waals surface area contributed by atoms with Gasteiger partial charge in [0.2, 0.25) is 5.82 Å². The van der Waals surface area contributed by atoms with Crippen LogP contribution in [-0.2, 0) is 0 Å². The molecule has 110 valence electrons. The van der Waals surface area contributed by atoms with Gasteiger partial charge in [0.05, 0.1) is 6.10 Å². The molecule has 0 heterocycles. The zero-order chi connectivity index (χ0) is 14.7. The topological polar surface area (TPSA) is 40.5 Å². The monoisotopic (exact) mass is 282 g/mol. The van der Waals surface area contributed by atoms with Gasteiger partial charge in [-0.2, -0.15) is 4.39 Å². The van der Waals surface area contributed by atoms with E-state index in [1.807, 2.05) is 13.0 Å². The first-order valence-electron chi connectivity index (χ1n) is 7.09. The lowest BCUT2D eigenvalue weighted by atomic mass is 9.82. The van der Waals surface area contributed by atoms with Gasteiger partial charge < -0.3 is 10.2 Å². The van der Waals surface area contributed by atoms with Crippen molar-refractivity contribution >= 4 is 5.57 Å². The van der Waals surface area contributed by atoms with E-state index in [2.05, 4.69) is 0 Å². The van der Waals surface area contributed by atoms with Crippen LogP contribution in [0.5, 0.6) is 5.75 Å². The molecule has 0 aromatic heterocycles. The maximum atomic E-state index is 13.8. The Hall–Kier alpha value is -1.42. The van der Waals surface area contributed by atoms with E-state index >= 15 is 0 Å². The molecule has 0 amide bonds. The van der Waals surface area contributed by atoms with Crippen LogP contribution >= 0.6 is 0 Å². The van der Waals surface area contributed by atoms with Crippen molar-refractivity contribution in [3.63, 3.8) is 0 Å². The van der Waals surface area contributed by atoms with Crippen LogP contribution in [0.1, 0.15) is 44.6 Å². The Kier molecular flexibility index (Phi) is 4.76. The van der Waals surface area contributed by atoms with Gasteiger partial charge in [-0.25, -0.2) is 4.39 Å². The fourth-order valence-corrected chi connectivity index (χ4v) is 2.77. The Morgan fingerprint density at radius 1 is 1.30 bits per heavy atom. The fourth-order valence-electron chi connectivity index (χ4n) is 2.77. The standard InChI is InChI=1S/C16H20F2O2/c1-2-3-13(19)11-6-4-10(5-7-11)12-8-9-14(20)16(18)15(12)17/h4,8-9,11,13,19-20H,2-3,5-7H2,1H3. The SMILES string of the molecule is CCCC(O)C1CC=C(c2ccc(O)c(F)c2F)CC1. The lowest BCUT2D eigenvalue weighted by molar-refractivity contribution is 0.0934. The van der Waals surface area contributed by atoms with Crippen LogP contribution in [0.2, 0.25) is 0 Å². The number of aliphatic hydroxyl groups is 1. The van der Waals surface area contributed by atoms with E-state index < -0.39 is 17.4 Å². The van der Waals surface area contributed by atoms with Crippen molar-refractivity contribution in [1.29, 1.82) is 0 Å². The lowest BCUT2D eigenvalue weighted by Gasteiger charge is -2.26. The highest BCUT2D eigenvalue weighted by molar-refractivity contribution is 5.67. The van der Waals surface area contributed by atoms with E-state index in [4.69, 9.17) is 5.11 Å². The zero-order valence-electron chi connectivity index (χ0n) is 11.6. The number of aliphatic hydroxyl groups excluding tert-OH is 1. The molecule has 0 saturated carbocycles. The number of aromatic hydroxyl groups is 1. The third-order valence-corrected chi connectivity index (χ3v) is 3.99. The molecule has 2 nitrogen and oxygen atoms in total. The zero-order valence-corrected chi connectivity index (χ0v) is 11.6. The normalized spacial score (nSPS) is 20.6. The third-order valence-electron chi connectivity index (χ3n) is 3.99. The van der Waals surface area contributed by atoms with Gasteiger partial charge in [-0.15, -0.1) is 0 Å². The van der Waals surface area contributed by atoms with Crippen LogP contribution in [-0.4, -0.2) is 16.3 Å². The van der Waals surface area contributed by atoms with Crippen molar-refractivity contribution < 1.29 is 19.0 Å². The minimum Gasteiger partial charge on any atom is -0.505 e. The molecule has 2 rings (SSSR count). The summed E-state index contributed by atoms with van der Waals surface area (Å²) in [7, 11) is 0. The Balaban J connectivity index is 2.15. The van der Waals surface area contributed by atoms with Crippen LogP contribution in [0.4, 0.5) is 8.78 Å². The Morgan fingerprint density at radius 2 is 2.05 bits per heavy atom. The van der Waals surface area contributed by atoms with E-state index in [1.54, 1.807) is 0 Å². The molecule has 1 aromatic carbocycles. The molecular weight excluding hydrogens is 262 g/mol. The van der Waals surface area contributed by atoms with Gasteiger partial charge in [0.15, 0.2) is 11.6 Å². The van der Waals surface area contributed by atoms with Gasteiger partial charge >= 0.3 is 0 Å². The van der Waals surface area contributed by atoms with Crippen molar-refractivity contribution in [2.75, 3.05) is 0 Å². The Morgan fingerprint density at radius 3 is 2.65 bits per heavy atom. The van der Waals surface area contributed by atoms with Gasteiger partial charge in [-0.1, -0.05) is 19.4 Å². The molecule has 0 saturated heterocycles. The summed E-state index contributed by atoms with van der Waals surface area (Å²) in [5, 5.41) is 19.1. The number of phenolic OH excluding ortho intramolecular Hbond substituents is 1. The quantitative estimate of drug-likeness (QED) is 0.875. The summed E-state index contributed by atoms with van der Waals surface area (Å²) in [6, 6.07) is 2.58. The summed E-state index contributed by atoms with van der Waals surface area (Å²) in [4.78, 5) is 0. The molecule has 4 heteroatoms. The van der Waals surface area contributed by atoms with Gasteiger partial charge in [0, 0.05) is 5.56 Å². The number of hydrogen-bond acceptors (Lipinski definition) is 2. The average Bonchev–Trinajstić information content (AvgIpc) is 2.45. The average molecular weight is 282 g/mol. The molecule has 0 spiro atoms. The Bertz CT molecular complexity index is 511. The number of halogens is 2. The largest absolute Gasteiger partial charge is 0.505 e. The van der Waals surface area contributed by atoms with Crippen molar-refractivity contribution in [1.82, 2.24) is 0 Å². The maximum absolute atomic E-state index is 13.8. The van der Waals surface area contributed by atoms with E-state index in [0.717, 1.165) is 24.8 Å². The predicted octanol–water partition coefficient (Wildman–Crippen LogP) is 4.01. The first-order chi connectivity index (χ1) is 9.54. The highest BCUT2D eigenvalue weighted by Gasteiger charge is 2.24. The molecule has 0 bridgehead atoms. The molecule has 1 aliphatic carbocycles. The predicted molar refractivity (Wildman–Crippen MR) is 74.3 cm³/mol. The van der Waals surface area contributed by atoms with Crippen LogP contribution in [0, 0.1) is 17.6 Å². The summed E-state index contributed by atoms with van der Waals surface area (Å²) in [6.07, 6.45) is 5.34. The molecule has 2 atom stereocenters. The molecule has 0 fully saturated rings. The van der Waals surface area contributed by atoms with E-state index in [-0.39, 0.29) is 17.6 Å². The van der Waals surface area contributed by atoms with Gasteiger partial charge in [0.1, 0.15) is 0 Å². The second kappa shape index (κ2) is 6.35. The molecule has 0 radical (unpaired) electrons. The first-order valence-corrected chi connectivity index (χ1v) is 7.09. The smallest absolute Gasteiger partial charge is 0.200 e. The van der Waals surface area contributed by atoms with E-state index in [1.165, 1.54) is 12.1 Å². The molecule has 2 N–H and O–H groups in total. The van der Waals surface area contributed by atoms with E-state index in [9.17, 15) is 13.9 Å². The molecular formula is C16H20F2O2. The van der Waals surface area contributed by atoms with Gasteiger partial charge in [-0.3, -0.25) is 0 Å². The molecule has 1 aliphatic rings. The number of phenols is 1. The number of hydrogen-bond donors (Lipinski definition) is 2. The van der Waals surface area contributed by atoms with Crippen LogP contribution in [0.15, 0.2) is 18.2 Å². The minimum absolute atomic E-state index is 0.198. The lowest BCUT2D eigenvalue weighted by Crippen LogP contribution is -2.22. The van der Waals surface area contributed by atoms with Crippen LogP contribution in [0.25, 0.3) is 5.57 Å². The summed E-state index contributed by atoms with van der Waals surface area (Å²) in [5.74, 6) is -2.66. The second-order valence-electron chi connectivity index (χ2n) is 5.38. The van der Waals surface area contributed by atoms with Crippen LogP contribution in [0.3, 0.4) is 0 Å². The number of benzene rings is 1. The first kappa shape index (κ1) is 15.0. The van der Waals surface area contributed by atoms with Crippen molar-refractivity contribution in [2.24, 2.45) is 5.92 Å². The number of rotatable bonds is 4. The molecule has 2 unspecified atom stereocenters. The van der Waals surface area contributed by atoms with Crippen molar-refractivity contribution in [3.05, 3.63) is 35.4 Å². The fraction of sp³-hybridized carbons (Fsp3) is 0.500. The van der Waals surface area contributed by atoms with Gasteiger partial charge in [-0.05, 0) is 49.3 Å². The minimum atomic E-state index is -1.20. The highest BCUT2D eigenvalue weighted by atomic mass is 19.2. The summed E-state index contributed by atoms with van der Waals surface area (Å²) < 4.78 is 27.2. The molecule has 20 heavy (non-hydrogen) atoms. The summed E-state index contributed by atoms with van der Waals surface area (Å²) >= 11 is 0. The summed E-state index contributed by atoms with van der Waals surface area (Å²) in [6.45, 7) is 2.03. The van der Waals surface area contributed by atoms with Gasteiger partial charge in [0.25, 0.3) is 0 Å². The number of allylic oxidation sites excluding steroid dienone is 2. The van der Waals surface area contributed by atoms with Crippen LogP contribution < -0.4 is 0 Å².